The van der Waals surface area contributed by atoms with E-state index in [-0.39, 0.29) is 22.0 Å². The Morgan fingerprint density at radius 2 is 1.90 bits per heavy atom. The van der Waals surface area contributed by atoms with Crippen molar-refractivity contribution in [1.82, 2.24) is 0 Å². The first-order valence-corrected chi connectivity index (χ1v) is 5.87. The van der Waals surface area contributed by atoms with Crippen LogP contribution in [0.2, 0.25) is 5.02 Å². The summed E-state index contributed by atoms with van der Waals surface area (Å²) in [6, 6.07) is 5.90. The van der Waals surface area contributed by atoms with Gasteiger partial charge in [0.2, 0.25) is 5.91 Å². The molecule has 0 spiro atoms. The summed E-state index contributed by atoms with van der Waals surface area (Å²) >= 11 is 5.76. The monoisotopic (exact) mass is 297 g/mol. The average molecular weight is 298 g/mol. The van der Waals surface area contributed by atoms with Crippen LogP contribution in [0, 0.1) is 11.6 Å². The minimum atomic E-state index is -0.853. The quantitative estimate of drug-likeness (QED) is 0.762. The second-order valence-electron chi connectivity index (χ2n) is 4.04. The molecule has 0 aliphatic carbocycles. The summed E-state index contributed by atoms with van der Waals surface area (Å²) in [5.74, 6) is -2.27. The lowest BCUT2D eigenvalue weighted by atomic mass is 10.1. The zero-order chi connectivity index (χ0) is 14.9. The fraction of sp³-hybridized carbons (Fsp3) is 0. The van der Waals surface area contributed by atoms with Crippen LogP contribution in [0.15, 0.2) is 30.3 Å². The summed E-state index contributed by atoms with van der Waals surface area (Å²) in [4.78, 5) is 11.0. The Hall–Kier alpha value is -2.34. The van der Waals surface area contributed by atoms with Crippen LogP contribution >= 0.6 is 11.6 Å². The maximum Gasteiger partial charge on any atom is 0.248 e. The van der Waals surface area contributed by atoms with Crippen LogP contribution in [0.3, 0.4) is 0 Å². The van der Waals surface area contributed by atoms with E-state index in [9.17, 15) is 13.6 Å². The third-order valence-corrected chi connectivity index (χ3v) is 2.90. The number of rotatable bonds is 3. The number of amides is 1. The summed E-state index contributed by atoms with van der Waals surface area (Å²) in [6.45, 7) is 0. The molecule has 0 unspecified atom stereocenters. The highest BCUT2D eigenvalue weighted by molar-refractivity contribution is 6.33. The van der Waals surface area contributed by atoms with Crippen molar-refractivity contribution in [1.29, 1.82) is 0 Å². The Bertz CT molecular complexity index is 668. The number of anilines is 3. The summed E-state index contributed by atoms with van der Waals surface area (Å²) in [5.41, 5.74) is 11.5. The first-order chi connectivity index (χ1) is 9.38. The van der Waals surface area contributed by atoms with E-state index < -0.39 is 17.5 Å². The summed E-state index contributed by atoms with van der Waals surface area (Å²) in [7, 11) is 0. The molecule has 0 saturated carbocycles. The molecule has 0 saturated heterocycles. The molecule has 0 aliphatic heterocycles. The molecule has 4 nitrogen and oxygen atoms in total. The van der Waals surface area contributed by atoms with Gasteiger partial charge < -0.3 is 16.8 Å². The van der Waals surface area contributed by atoms with E-state index in [2.05, 4.69) is 5.32 Å². The first-order valence-electron chi connectivity index (χ1n) is 5.49. The van der Waals surface area contributed by atoms with Gasteiger partial charge in [0.1, 0.15) is 5.82 Å². The molecule has 20 heavy (non-hydrogen) atoms. The first kappa shape index (κ1) is 14.1. The van der Waals surface area contributed by atoms with Crippen LogP contribution in [-0.2, 0) is 0 Å². The minimum Gasteiger partial charge on any atom is -0.397 e. The number of benzene rings is 2. The van der Waals surface area contributed by atoms with Gasteiger partial charge in [-0.25, -0.2) is 8.78 Å². The minimum absolute atomic E-state index is 0.105. The van der Waals surface area contributed by atoms with Gasteiger partial charge >= 0.3 is 0 Å². The molecule has 0 bridgehead atoms. The normalized spacial score (nSPS) is 10.3. The molecular formula is C13H10ClF2N3O. The fourth-order valence-electron chi connectivity index (χ4n) is 1.63. The molecule has 0 heterocycles. The number of nitrogens with two attached hydrogens (primary N) is 2. The number of hydrogen-bond donors (Lipinski definition) is 3. The predicted octanol–water partition coefficient (Wildman–Crippen LogP) is 3.04. The lowest BCUT2D eigenvalue weighted by Gasteiger charge is -2.12. The van der Waals surface area contributed by atoms with E-state index in [0.29, 0.717) is 11.8 Å². The molecule has 0 aromatic heterocycles. The van der Waals surface area contributed by atoms with Crippen molar-refractivity contribution in [3.8, 4) is 0 Å². The van der Waals surface area contributed by atoms with Crippen LogP contribution in [0.4, 0.5) is 25.8 Å². The maximum absolute atomic E-state index is 13.6. The Morgan fingerprint density at radius 1 is 1.20 bits per heavy atom. The molecule has 0 atom stereocenters. The third-order valence-electron chi connectivity index (χ3n) is 2.60. The third kappa shape index (κ3) is 2.80. The molecular weight excluding hydrogens is 288 g/mol. The molecule has 0 aliphatic rings. The number of nitrogen functional groups attached to an aromatic ring is 1. The molecule has 2 rings (SSSR count). The van der Waals surface area contributed by atoms with Gasteiger partial charge in [-0.3, -0.25) is 4.79 Å². The summed E-state index contributed by atoms with van der Waals surface area (Å²) in [5, 5.41) is 2.53. The van der Waals surface area contributed by atoms with Crippen LogP contribution < -0.4 is 16.8 Å². The van der Waals surface area contributed by atoms with E-state index >= 15 is 0 Å². The van der Waals surface area contributed by atoms with E-state index in [1.54, 1.807) is 0 Å². The van der Waals surface area contributed by atoms with Crippen molar-refractivity contribution >= 4 is 34.6 Å². The van der Waals surface area contributed by atoms with Gasteiger partial charge in [-0.15, -0.1) is 0 Å². The van der Waals surface area contributed by atoms with Crippen molar-refractivity contribution in [3.05, 3.63) is 52.6 Å². The second-order valence-corrected chi connectivity index (χ2v) is 4.44. The van der Waals surface area contributed by atoms with Gasteiger partial charge in [0.25, 0.3) is 0 Å². The fourth-order valence-corrected chi connectivity index (χ4v) is 1.87. The molecule has 2 aromatic carbocycles. The standard InChI is InChI=1S/C13H10ClF2N3O/c14-8-4-7(15)5-9(16)12(8)19-11-2-1-6(13(18)20)3-10(11)17/h1-5,19H,17H2,(H2,18,20). The number of nitrogens with one attached hydrogen (secondary N) is 1. The van der Waals surface area contributed by atoms with Gasteiger partial charge in [-0.05, 0) is 24.3 Å². The number of carbonyl (C=O) groups excluding carboxylic acids is 1. The highest BCUT2D eigenvalue weighted by atomic mass is 35.5. The van der Waals surface area contributed by atoms with E-state index in [0.717, 1.165) is 6.07 Å². The van der Waals surface area contributed by atoms with Crippen LogP contribution in [0.25, 0.3) is 0 Å². The lowest BCUT2D eigenvalue weighted by molar-refractivity contribution is 0.100. The van der Waals surface area contributed by atoms with Crippen molar-refractivity contribution < 1.29 is 13.6 Å². The SMILES string of the molecule is NC(=O)c1ccc(Nc2c(F)cc(F)cc2Cl)c(N)c1. The number of halogens is 3. The zero-order valence-electron chi connectivity index (χ0n) is 10.1. The molecule has 1 amide bonds. The Balaban J connectivity index is 2.38. The molecule has 7 heteroatoms. The van der Waals surface area contributed by atoms with E-state index in [1.807, 2.05) is 0 Å². The molecule has 2 aromatic rings. The highest BCUT2D eigenvalue weighted by Crippen LogP contribution is 2.31. The van der Waals surface area contributed by atoms with Gasteiger partial charge in [0.05, 0.1) is 22.1 Å². The molecule has 0 fully saturated rings. The van der Waals surface area contributed by atoms with Crippen molar-refractivity contribution in [2.24, 2.45) is 5.73 Å². The Kier molecular flexibility index (Phi) is 3.76. The van der Waals surface area contributed by atoms with Crippen LogP contribution in [0.5, 0.6) is 0 Å². The molecule has 0 radical (unpaired) electrons. The second kappa shape index (κ2) is 5.34. The van der Waals surface area contributed by atoms with Crippen molar-refractivity contribution in [2.45, 2.75) is 0 Å². The summed E-state index contributed by atoms with van der Waals surface area (Å²) in [6.07, 6.45) is 0. The van der Waals surface area contributed by atoms with Gasteiger partial charge in [-0.1, -0.05) is 11.6 Å². The topological polar surface area (TPSA) is 81.1 Å². The van der Waals surface area contributed by atoms with Gasteiger partial charge in [0, 0.05) is 11.6 Å². The highest BCUT2D eigenvalue weighted by Gasteiger charge is 2.12. The predicted molar refractivity (Wildman–Crippen MR) is 74.0 cm³/mol. The summed E-state index contributed by atoms with van der Waals surface area (Å²) < 4.78 is 26.6. The Labute approximate surface area is 118 Å². The van der Waals surface area contributed by atoms with Gasteiger partial charge in [0.15, 0.2) is 5.82 Å². The maximum atomic E-state index is 13.6. The molecule has 104 valence electrons. The smallest absolute Gasteiger partial charge is 0.248 e. The average Bonchev–Trinajstić information content (AvgIpc) is 2.34. The van der Waals surface area contributed by atoms with E-state index in [1.165, 1.54) is 18.2 Å². The number of hydrogen-bond acceptors (Lipinski definition) is 3. The molecule has 5 N–H and O–H groups in total. The zero-order valence-corrected chi connectivity index (χ0v) is 10.8. The number of carbonyl (C=O) groups is 1. The lowest BCUT2D eigenvalue weighted by Crippen LogP contribution is -2.11. The van der Waals surface area contributed by atoms with E-state index in [4.69, 9.17) is 23.1 Å². The van der Waals surface area contributed by atoms with Gasteiger partial charge in [-0.2, -0.15) is 0 Å². The van der Waals surface area contributed by atoms with Crippen LogP contribution in [0.1, 0.15) is 10.4 Å². The largest absolute Gasteiger partial charge is 0.397 e. The van der Waals surface area contributed by atoms with Crippen molar-refractivity contribution in [3.63, 3.8) is 0 Å². The van der Waals surface area contributed by atoms with Crippen LogP contribution in [-0.4, -0.2) is 5.91 Å². The Morgan fingerprint density at radius 3 is 2.45 bits per heavy atom. The number of primary amides is 1. The van der Waals surface area contributed by atoms with Crippen molar-refractivity contribution in [2.75, 3.05) is 11.1 Å².